The Morgan fingerprint density at radius 2 is 2.00 bits per heavy atom. The first kappa shape index (κ1) is 12.7. The number of rotatable bonds is 4. The predicted molar refractivity (Wildman–Crippen MR) is 58.9 cm³/mol. The monoisotopic (exact) mass is 214 g/mol. The van der Waals surface area contributed by atoms with E-state index in [2.05, 4.69) is 0 Å². The van der Waals surface area contributed by atoms with Gasteiger partial charge in [0.05, 0.1) is 17.1 Å². The second-order valence-corrected chi connectivity index (χ2v) is 5.33. The maximum absolute atomic E-state index is 11.9. The molecule has 1 heterocycles. The van der Waals surface area contributed by atoms with Crippen LogP contribution in [-0.4, -0.2) is 30.2 Å². The molecule has 0 N–H and O–H groups in total. The Morgan fingerprint density at radius 1 is 1.40 bits per heavy atom. The van der Waals surface area contributed by atoms with Gasteiger partial charge >= 0.3 is 0 Å². The van der Waals surface area contributed by atoms with Crippen LogP contribution in [0.3, 0.4) is 0 Å². The number of hydrogen-bond donors (Lipinski definition) is 0. The summed E-state index contributed by atoms with van der Waals surface area (Å²) in [5.74, 6) is 0.117. The molecule has 1 unspecified atom stereocenters. The summed E-state index contributed by atoms with van der Waals surface area (Å²) in [6.07, 6.45) is 0.784. The van der Waals surface area contributed by atoms with Crippen LogP contribution < -0.4 is 0 Å². The maximum Gasteiger partial charge on any atom is 0.164 e. The fourth-order valence-corrected chi connectivity index (χ4v) is 2.37. The van der Waals surface area contributed by atoms with Crippen LogP contribution in [0.4, 0.5) is 0 Å². The van der Waals surface area contributed by atoms with Gasteiger partial charge < -0.3 is 9.47 Å². The molecule has 15 heavy (non-hydrogen) atoms. The first-order chi connectivity index (χ1) is 6.78. The standard InChI is InChI=1S/C12H22O3/c1-6-14-8-10(13)9-7-11(2,3)15-12(9,4)5/h9H,6-8H2,1-5H3. The van der Waals surface area contributed by atoms with E-state index in [0.29, 0.717) is 6.61 Å². The molecule has 1 aliphatic heterocycles. The largest absolute Gasteiger partial charge is 0.374 e. The average molecular weight is 214 g/mol. The summed E-state index contributed by atoms with van der Waals surface area (Å²) in [5.41, 5.74) is -0.562. The third kappa shape index (κ3) is 3.02. The Balaban J connectivity index is 2.65. The van der Waals surface area contributed by atoms with Crippen molar-refractivity contribution in [3.8, 4) is 0 Å². The van der Waals surface area contributed by atoms with Gasteiger partial charge in [-0.2, -0.15) is 0 Å². The van der Waals surface area contributed by atoms with E-state index in [0.717, 1.165) is 6.42 Å². The highest BCUT2D eigenvalue weighted by molar-refractivity contribution is 5.83. The Morgan fingerprint density at radius 3 is 2.40 bits per heavy atom. The highest BCUT2D eigenvalue weighted by Gasteiger charge is 2.48. The molecular formula is C12H22O3. The van der Waals surface area contributed by atoms with Crippen molar-refractivity contribution >= 4 is 5.78 Å². The zero-order valence-corrected chi connectivity index (χ0v) is 10.4. The lowest BCUT2D eigenvalue weighted by molar-refractivity contribution is -0.133. The Kier molecular flexibility index (Phi) is 3.56. The molecule has 0 aromatic heterocycles. The fraction of sp³-hybridized carbons (Fsp3) is 0.917. The minimum absolute atomic E-state index is 0.0425. The highest BCUT2D eigenvalue weighted by atomic mass is 16.5. The molecule has 0 bridgehead atoms. The Bertz CT molecular complexity index is 243. The first-order valence-electron chi connectivity index (χ1n) is 5.59. The van der Waals surface area contributed by atoms with Crippen LogP contribution in [0.5, 0.6) is 0 Å². The zero-order chi connectivity index (χ0) is 11.7. The smallest absolute Gasteiger partial charge is 0.164 e. The molecule has 1 rings (SSSR count). The maximum atomic E-state index is 11.9. The van der Waals surface area contributed by atoms with Crippen LogP contribution in [0.25, 0.3) is 0 Å². The van der Waals surface area contributed by atoms with Crippen LogP contribution >= 0.6 is 0 Å². The van der Waals surface area contributed by atoms with Gasteiger partial charge in [-0.1, -0.05) is 0 Å². The van der Waals surface area contributed by atoms with Gasteiger partial charge in [0.2, 0.25) is 0 Å². The molecule has 1 fully saturated rings. The summed E-state index contributed by atoms with van der Waals surface area (Å²) in [6, 6.07) is 0. The van der Waals surface area contributed by atoms with Gasteiger partial charge in [-0.25, -0.2) is 0 Å². The third-order valence-electron chi connectivity index (χ3n) is 2.91. The number of ether oxygens (including phenoxy) is 2. The Labute approximate surface area is 92.1 Å². The van der Waals surface area contributed by atoms with E-state index >= 15 is 0 Å². The first-order valence-corrected chi connectivity index (χ1v) is 5.59. The van der Waals surface area contributed by atoms with Crippen LogP contribution in [0, 0.1) is 5.92 Å². The molecule has 0 aromatic carbocycles. The van der Waals surface area contributed by atoms with Gasteiger partial charge in [-0.15, -0.1) is 0 Å². The van der Waals surface area contributed by atoms with Crippen molar-refractivity contribution in [1.29, 1.82) is 0 Å². The van der Waals surface area contributed by atoms with Crippen LogP contribution in [0.2, 0.25) is 0 Å². The van der Waals surface area contributed by atoms with Gasteiger partial charge in [0, 0.05) is 6.61 Å². The van der Waals surface area contributed by atoms with Crippen molar-refractivity contribution < 1.29 is 14.3 Å². The second-order valence-electron chi connectivity index (χ2n) is 5.33. The molecule has 3 heteroatoms. The summed E-state index contributed by atoms with van der Waals surface area (Å²) in [4.78, 5) is 11.9. The number of carbonyl (C=O) groups is 1. The molecule has 0 saturated carbocycles. The lowest BCUT2D eigenvalue weighted by atomic mass is 9.84. The predicted octanol–water partition coefficient (Wildman–Crippen LogP) is 2.19. The molecule has 3 nitrogen and oxygen atoms in total. The summed E-state index contributed by atoms with van der Waals surface area (Å²) in [6.45, 7) is 10.7. The lowest BCUT2D eigenvalue weighted by Gasteiger charge is -2.26. The molecular weight excluding hydrogens is 192 g/mol. The van der Waals surface area contributed by atoms with E-state index < -0.39 is 0 Å². The molecule has 0 radical (unpaired) electrons. The highest BCUT2D eigenvalue weighted by Crippen LogP contribution is 2.42. The SMILES string of the molecule is CCOCC(=O)C1CC(C)(C)OC1(C)C. The third-order valence-corrected chi connectivity index (χ3v) is 2.91. The van der Waals surface area contributed by atoms with E-state index in [1.165, 1.54) is 0 Å². The second kappa shape index (κ2) is 4.22. The molecule has 1 aliphatic rings. The van der Waals surface area contributed by atoms with Gasteiger partial charge in [0.15, 0.2) is 5.78 Å². The number of ketones is 1. The van der Waals surface area contributed by atoms with Crippen molar-refractivity contribution in [2.24, 2.45) is 5.92 Å². The van der Waals surface area contributed by atoms with Gasteiger partial charge in [0.1, 0.15) is 6.61 Å². The van der Waals surface area contributed by atoms with E-state index in [1.54, 1.807) is 0 Å². The van der Waals surface area contributed by atoms with Crippen LogP contribution in [0.15, 0.2) is 0 Å². The number of Topliss-reactive ketones (excluding diaryl/α,β-unsaturated/α-hetero) is 1. The molecule has 1 atom stereocenters. The van der Waals surface area contributed by atoms with E-state index in [1.807, 2.05) is 34.6 Å². The summed E-state index contributed by atoms with van der Waals surface area (Å²) in [7, 11) is 0. The topological polar surface area (TPSA) is 35.5 Å². The number of carbonyl (C=O) groups excluding carboxylic acids is 1. The van der Waals surface area contributed by atoms with Crippen molar-refractivity contribution in [3.05, 3.63) is 0 Å². The zero-order valence-electron chi connectivity index (χ0n) is 10.4. The quantitative estimate of drug-likeness (QED) is 0.719. The normalized spacial score (nSPS) is 27.9. The minimum atomic E-state index is -0.363. The van der Waals surface area contributed by atoms with Gasteiger partial charge in [-0.3, -0.25) is 4.79 Å². The van der Waals surface area contributed by atoms with Crippen molar-refractivity contribution in [1.82, 2.24) is 0 Å². The van der Waals surface area contributed by atoms with Gasteiger partial charge in [0.25, 0.3) is 0 Å². The van der Waals surface area contributed by atoms with Crippen molar-refractivity contribution in [2.75, 3.05) is 13.2 Å². The lowest BCUT2D eigenvalue weighted by Crippen LogP contribution is -2.35. The van der Waals surface area contributed by atoms with Gasteiger partial charge in [-0.05, 0) is 41.0 Å². The Hall–Kier alpha value is -0.410. The molecule has 0 aromatic rings. The summed E-state index contributed by atoms with van der Waals surface area (Å²) in [5, 5.41) is 0. The molecule has 0 spiro atoms. The molecule has 0 amide bonds. The van der Waals surface area contributed by atoms with E-state index in [4.69, 9.17) is 9.47 Å². The minimum Gasteiger partial charge on any atom is -0.374 e. The van der Waals surface area contributed by atoms with Crippen LogP contribution in [-0.2, 0) is 14.3 Å². The van der Waals surface area contributed by atoms with Crippen molar-refractivity contribution in [3.63, 3.8) is 0 Å². The molecule has 88 valence electrons. The van der Waals surface area contributed by atoms with E-state index in [-0.39, 0.29) is 29.5 Å². The van der Waals surface area contributed by atoms with Crippen molar-refractivity contribution in [2.45, 2.75) is 52.2 Å². The van der Waals surface area contributed by atoms with E-state index in [9.17, 15) is 4.79 Å². The summed E-state index contributed by atoms with van der Waals surface area (Å²) < 4.78 is 11.0. The summed E-state index contributed by atoms with van der Waals surface area (Å²) >= 11 is 0. The van der Waals surface area contributed by atoms with Crippen LogP contribution in [0.1, 0.15) is 41.0 Å². The number of hydrogen-bond acceptors (Lipinski definition) is 3. The fourth-order valence-electron chi connectivity index (χ4n) is 2.37. The molecule has 1 saturated heterocycles. The average Bonchev–Trinajstić information content (AvgIpc) is 2.30. The molecule has 0 aliphatic carbocycles.